The van der Waals surface area contributed by atoms with Crippen molar-refractivity contribution < 1.29 is 34.4 Å². The van der Waals surface area contributed by atoms with Gasteiger partial charge >= 0.3 is 11.6 Å². The Labute approximate surface area is 212 Å². The van der Waals surface area contributed by atoms with Gasteiger partial charge in [0.15, 0.2) is 0 Å². The van der Waals surface area contributed by atoms with Crippen molar-refractivity contribution in [2.45, 2.75) is 84.8 Å². The van der Waals surface area contributed by atoms with E-state index in [1.165, 1.54) is 6.92 Å². The normalized spacial score (nSPS) is 22.4. The molecule has 2 heterocycles. The van der Waals surface area contributed by atoms with Crippen molar-refractivity contribution in [3.63, 3.8) is 0 Å². The lowest BCUT2D eigenvalue weighted by molar-refractivity contribution is -0.140. The maximum Gasteiger partial charge on any atom is 0.342 e. The zero-order valence-corrected chi connectivity index (χ0v) is 22.1. The number of aliphatic hydroxyl groups is 2. The number of aliphatic carboxylic acids is 1. The molecule has 0 fully saturated rings. The van der Waals surface area contributed by atoms with E-state index in [4.69, 9.17) is 9.15 Å². The van der Waals surface area contributed by atoms with Gasteiger partial charge in [0.1, 0.15) is 17.1 Å². The standard InChI is InChI=1S/C28H40O8/c1-16(11-18(3)25-19(4)24(31)20(5)27(34)35-25)10-17(2)12-22(26(32)33)8-7-9-28(15-30)13-23(14-29)21(6)36-28/h10,12-13,18,21-22,29-31H,7-9,11,14-15H2,1-6H3,(H,32,33)/b16-10+,17-12-/t18-,21-,22+,28+/m0/s1. The van der Waals surface area contributed by atoms with Gasteiger partial charge in [-0.3, -0.25) is 4.79 Å². The van der Waals surface area contributed by atoms with Crippen molar-refractivity contribution in [1.82, 2.24) is 0 Å². The van der Waals surface area contributed by atoms with Crippen molar-refractivity contribution in [2.75, 3.05) is 13.2 Å². The smallest absolute Gasteiger partial charge is 0.342 e. The molecule has 36 heavy (non-hydrogen) atoms. The zero-order chi connectivity index (χ0) is 27.2. The summed E-state index contributed by atoms with van der Waals surface area (Å²) in [6.45, 7) is 10.4. The van der Waals surface area contributed by atoms with E-state index >= 15 is 0 Å². The van der Waals surface area contributed by atoms with E-state index in [9.17, 15) is 30.0 Å². The van der Waals surface area contributed by atoms with Gasteiger partial charge in [-0.2, -0.15) is 0 Å². The Balaban J connectivity index is 2.06. The average molecular weight is 505 g/mol. The SMILES string of the molecule is CC(=C/[C@@H](CCC[C@]1(CO)C=C(CO)[C@H](C)O1)C(=O)O)/C=C(\C)C[C@H](C)c1oc(=O)c(C)c(O)c1C. The fraction of sp³-hybridized carbons (Fsp3) is 0.571. The minimum atomic E-state index is -0.924. The third-order valence-corrected chi connectivity index (χ3v) is 6.87. The maximum atomic E-state index is 12.0. The first kappa shape index (κ1) is 29.5. The van der Waals surface area contributed by atoms with Gasteiger partial charge in [0.05, 0.1) is 30.8 Å². The quantitative estimate of drug-likeness (QED) is 0.244. The first-order valence-corrected chi connectivity index (χ1v) is 12.4. The summed E-state index contributed by atoms with van der Waals surface area (Å²) in [5.41, 5.74) is 1.82. The number of aliphatic hydroxyl groups excluding tert-OH is 2. The summed E-state index contributed by atoms with van der Waals surface area (Å²) in [5.74, 6) is -1.37. The molecule has 200 valence electrons. The predicted molar refractivity (Wildman–Crippen MR) is 137 cm³/mol. The molecule has 0 saturated carbocycles. The van der Waals surface area contributed by atoms with Crippen LogP contribution in [0.15, 0.2) is 44.2 Å². The van der Waals surface area contributed by atoms with Gasteiger partial charge < -0.3 is 29.6 Å². The number of carboxylic acid groups (broad SMARTS) is 1. The summed E-state index contributed by atoms with van der Waals surface area (Å²) in [6.07, 6.45) is 7.05. The number of ether oxygens (including phenoxy) is 1. The number of carboxylic acids is 1. The van der Waals surface area contributed by atoms with Gasteiger partial charge in [-0.15, -0.1) is 0 Å². The molecule has 0 aromatic carbocycles. The summed E-state index contributed by atoms with van der Waals surface area (Å²) in [5, 5.41) is 39.2. The lowest BCUT2D eigenvalue weighted by Gasteiger charge is -2.26. The van der Waals surface area contributed by atoms with Crippen LogP contribution >= 0.6 is 0 Å². The molecule has 1 aliphatic heterocycles. The molecule has 0 amide bonds. The van der Waals surface area contributed by atoms with E-state index in [0.717, 1.165) is 16.7 Å². The summed E-state index contributed by atoms with van der Waals surface area (Å²) in [4.78, 5) is 23.9. The Morgan fingerprint density at radius 3 is 2.44 bits per heavy atom. The largest absolute Gasteiger partial charge is 0.507 e. The number of aromatic hydroxyl groups is 1. The van der Waals surface area contributed by atoms with E-state index in [1.54, 1.807) is 19.1 Å². The predicted octanol–water partition coefficient (Wildman–Crippen LogP) is 4.29. The van der Waals surface area contributed by atoms with Crippen LogP contribution in [0.2, 0.25) is 0 Å². The Kier molecular flexibility index (Phi) is 10.3. The number of hydrogen-bond donors (Lipinski definition) is 4. The van der Waals surface area contributed by atoms with Gasteiger partial charge in [-0.1, -0.05) is 30.2 Å². The van der Waals surface area contributed by atoms with Crippen molar-refractivity contribution in [2.24, 2.45) is 5.92 Å². The molecule has 0 saturated heterocycles. The van der Waals surface area contributed by atoms with E-state index in [-0.39, 0.29) is 36.5 Å². The lowest BCUT2D eigenvalue weighted by Crippen LogP contribution is -2.33. The molecule has 4 N–H and O–H groups in total. The monoisotopic (exact) mass is 504 g/mol. The highest BCUT2D eigenvalue weighted by molar-refractivity contribution is 5.72. The van der Waals surface area contributed by atoms with Crippen LogP contribution in [0.5, 0.6) is 5.75 Å². The molecule has 0 aliphatic carbocycles. The second-order valence-electron chi connectivity index (χ2n) is 10.1. The Morgan fingerprint density at radius 2 is 1.89 bits per heavy atom. The highest BCUT2D eigenvalue weighted by atomic mass is 16.5. The maximum absolute atomic E-state index is 12.0. The fourth-order valence-electron chi connectivity index (χ4n) is 4.89. The van der Waals surface area contributed by atoms with Crippen molar-refractivity contribution in [3.8, 4) is 5.75 Å². The van der Waals surface area contributed by atoms with Crippen molar-refractivity contribution in [3.05, 3.63) is 62.3 Å². The molecule has 8 nitrogen and oxygen atoms in total. The first-order valence-electron chi connectivity index (χ1n) is 12.4. The molecule has 8 heteroatoms. The van der Waals surface area contributed by atoms with Gasteiger partial charge in [0, 0.05) is 11.5 Å². The molecule has 0 bridgehead atoms. The van der Waals surface area contributed by atoms with Gasteiger partial charge in [0.25, 0.3) is 0 Å². The zero-order valence-electron chi connectivity index (χ0n) is 22.1. The number of rotatable bonds is 12. The summed E-state index contributed by atoms with van der Waals surface area (Å²) >= 11 is 0. The Hall–Kier alpha value is -2.68. The van der Waals surface area contributed by atoms with E-state index in [1.807, 2.05) is 33.8 Å². The van der Waals surface area contributed by atoms with Crippen LogP contribution in [0, 0.1) is 19.8 Å². The minimum Gasteiger partial charge on any atom is -0.507 e. The third kappa shape index (κ3) is 7.18. The van der Waals surface area contributed by atoms with Crippen LogP contribution in [0.1, 0.15) is 76.2 Å². The second-order valence-corrected chi connectivity index (χ2v) is 10.1. The molecule has 1 aliphatic rings. The molecular weight excluding hydrogens is 464 g/mol. The van der Waals surface area contributed by atoms with Crippen LogP contribution in [0.3, 0.4) is 0 Å². The lowest BCUT2D eigenvalue weighted by atomic mass is 9.91. The van der Waals surface area contributed by atoms with Crippen LogP contribution in [-0.2, 0) is 9.53 Å². The number of allylic oxidation sites excluding steroid dienone is 3. The Bertz CT molecular complexity index is 1090. The van der Waals surface area contributed by atoms with Gasteiger partial charge in [0.2, 0.25) is 0 Å². The minimum absolute atomic E-state index is 0.0429. The molecule has 2 rings (SSSR count). The van der Waals surface area contributed by atoms with Gasteiger partial charge in [-0.25, -0.2) is 4.79 Å². The molecule has 0 spiro atoms. The van der Waals surface area contributed by atoms with Crippen LogP contribution in [-0.4, -0.2) is 51.3 Å². The van der Waals surface area contributed by atoms with E-state index < -0.39 is 23.1 Å². The van der Waals surface area contributed by atoms with Gasteiger partial charge in [-0.05, 0) is 72.0 Å². The Morgan fingerprint density at radius 1 is 1.22 bits per heavy atom. The van der Waals surface area contributed by atoms with Crippen LogP contribution in [0.4, 0.5) is 0 Å². The summed E-state index contributed by atoms with van der Waals surface area (Å²) in [7, 11) is 0. The molecule has 0 unspecified atom stereocenters. The molecule has 1 aromatic heterocycles. The van der Waals surface area contributed by atoms with Crippen LogP contribution < -0.4 is 5.63 Å². The van der Waals surface area contributed by atoms with E-state index in [0.29, 0.717) is 37.0 Å². The first-order chi connectivity index (χ1) is 16.8. The fourth-order valence-corrected chi connectivity index (χ4v) is 4.89. The highest BCUT2D eigenvalue weighted by Crippen LogP contribution is 2.34. The highest BCUT2D eigenvalue weighted by Gasteiger charge is 2.37. The second kappa shape index (κ2) is 12.5. The molecule has 1 aromatic rings. The summed E-state index contributed by atoms with van der Waals surface area (Å²) < 4.78 is 11.3. The average Bonchev–Trinajstić information content (AvgIpc) is 3.14. The van der Waals surface area contributed by atoms with Crippen LogP contribution in [0.25, 0.3) is 0 Å². The number of hydrogen-bond acceptors (Lipinski definition) is 7. The number of carbonyl (C=O) groups is 1. The topological polar surface area (TPSA) is 137 Å². The molecule has 0 radical (unpaired) electrons. The van der Waals surface area contributed by atoms with Crippen molar-refractivity contribution >= 4 is 5.97 Å². The summed E-state index contributed by atoms with van der Waals surface area (Å²) in [6, 6.07) is 0. The molecular formula is C28H40O8. The molecule has 4 atom stereocenters. The third-order valence-electron chi connectivity index (χ3n) is 6.87. The van der Waals surface area contributed by atoms with E-state index in [2.05, 4.69) is 0 Å². The van der Waals surface area contributed by atoms with Crippen molar-refractivity contribution in [1.29, 1.82) is 0 Å².